The summed E-state index contributed by atoms with van der Waals surface area (Å²) in [6, 6.07) is 1.86. The predicted molar refractivity (Wildman–Crippen MR) is 68.9 cm³/mol. The molecule has 1 aliphatic rings. The third kappa shape index (κ3) is 5.42. The van der Waals surface area contributed by atoms with Crippen molar-refractivity contribution in [3.8, 4) is 6.07 Å². The molecule has 0 aliphatic carbocycles. The fourth-order valence-electron chi connectivity index (χ4n) is 2.04. The minimum Gasteiger partial charge on any atom is -0.481 e. The highest BCUT2D eigenvalue weighted by Crippen LogP contribution is 2.16. The van der Waals surface area contributed by atoms with Crippen LogP contribution in [0.25, 0.3) is 0 Å². The zero-order valence-electron chi connectivity index (χ0n) is 11.1. The molecule has 0 aromatic carbocycles. The highest BCUT2D eigenvalue weighted by atomic mass is 16.4. The first-order valence-electron chi connectivity index (χ1n) is 6.39. The summed E-state index contributed by atoms with van der Waals surface area (Å²) in [6.45, 7) is 3.86. The second-order valence-electron chi connectivity index (χ2n) is 4.80. The number of hydrogen-bond acceptors (Lipinski definition) is 4. The van der Waals surface area contributed by atoms with Gasteiger partial charge >= 0.3 is 5.97 Å². The van der Waals surface area contributed by atoms with Crippen LogP contribution in [0.5, 0.6) is 0 Å². The molecule has 1 saturated heterocycles. The van der Waals surface area contributed by atoms with Crippen molar-refractivity contribution in [2.75, 3.05) is 19.6 Å². The Hall–Kier alpha value is -2.03. The summed E-state index contributed by atoms with van der Waals surface area (Å²) < 4.78 is 0. The summed E-state index contributed by atoms with van der Waals surface area (Å²) in [4.78, 5) is 24.0. The lowest BCUT2D eigenvalue weighted by molar-refractivity contribution is -0.136. The van der Waals surface area contributed by atoms with Gasteiger partial charge in [-0.2, -0.15) is 5.26 Å². The van der Waals surface area contributed by atoms with Crippen LogP contribution in [-0.2, 0) is 9.59 Å². The molecule has 0 spiro atoms. The summed E-state index contributed by atoms with van der Waals surface area (Å²) in [5, 5.41) is 19.9. The Labute approximate surface area is 112 Å². The third-order valence-corrected chi connectivity index (χ3v) is 2.99. The molecule has 0 saturated carbocycles. The minimum atomic E-state index is -0.979. The standard InChI is InChI=1S/C13H19N3O3/c1-10-3-2-6-16(8-10)9-11(7-14)13(19)15-5-4-12(17)18/h9-10H,2-6,8H2,1H3,(H,15,19)(H,17,18)/b11-9-. The van der Waals surface area contributed by atoms with Gasteiger partial charge in [-0.1, -0.05) is 6.92 Å². The van der Waals surface area contributed by atoms with Gasteiger partial charge in [0.2, 0.25) is 0 Å². The monoisotopic (exact) mass is 265 g/mol. The van der Waals surface area contributed by atoms with Gasteiger partial charge in [0.05, 0.1) is 6.42 Å². The first-order chi connectivity index (χ1) is 9.02. The van der Waals surface area contributed by atoms with Gasteiger partial charge in [0.25, 0.3) is 5.91 Å². The third-order valence-electron chi connectivity index (χ3n) is 2.99. The van der Waals surface area contributed by atoms with Crippen molar-refractivity contribution in [2.24, 2.45) is 5.92 Å². The van der Waals surface area contributed by atoms with E-state index in [-0.39, 0.29) is 18.5 Å². The Morgan fingerprint density at radius 2 is 2.32 bits per heavy atom. The molecule has 104 valence electrons. The maximum absolute atomic E-state index is 11.7. The SMILES string of the molecule is CC1CCCN(/C=C(/C#N)C(=O)NCCC(=O)O)C1. The van der Waals surface area contributed by atoms with Crippen molar-refractivity contribution < 1.29 is 14.7 Å². The first-order valence-corrected chi connectivity index (χ1v) is 6.39. The van der Waals surface area contributed by atoms with Crippen LogP contribution in [0.1, 0.15) is 26.2 Å². The van der Waals surface area contributed by atoms with Crippen LogP contribution in [0.3, 0.4) is 0 Å². The van der Waals surface area contributed by atoms with Crippen LogP contribution in [0.2, 0.25) is 0 Å². The molecular formula is C13H19N3O3. The van der Waals surface area contributed by atoms with Crippen molar-refractivity contribution in [3.63, 3.8) is 0 Å². The van der Waals surface area contributed by atoms with Gasteiger partial charge in [-0.15, -0.1) is 0 Å². The van der Waals surface area contributed by atoms with E-state index in [4.69, 9.17) is 10.4 Å². The molecule has 19 heavy (non-hydrogen) atoms. The number of nitrogens with one attached hydrogen (secondary N) is 1. The number of amides is 1. The minimum absolute atomic E-state index is 0.0273. The number of likely N-dealkylation sites (tertiary alicyclic amines) is 1. The van der Waals surface area contributed by atoms with Crippen LogP contribution in [0.4, 0.5) is 0 Å². The molecule has 1 amide bonds. The van der Waals surface area contributed by atoms with Gasteiger partial charge in [-0.25, -0.2) is 0 Å². The lowest BCUT2D eigenvalue weighted by Gasteiger charge is -2.29. The van der Waals surface area contributed by atoms with Gasteiger partial charge in [-0.05, 0) is 18.8 Å². The van der Waals surface area contributed by atoms with Crippen LogP contribution < -0.4 is 5.32 Å². The van der Waals surface area contributed by atoms with Crippen LogP contribution in [-0.4, -0.2) is 41.5 Å². The maximum atomic E-state index is 11.7. The first kappa shape index (κ1) is 15.0. The molecule has 0 aromatic heterocycles. The molecule has 0 radical (unpaired) electrons. The average molecular weight is 265 g/mol. The van der Waals surface area contributed by atoms with Crippen LogP contribution in [0.15, 0.2) is 11.8 Å². The predicted octanol–water partition coefficient (Wildman–Crippen LogP) is 0.717. The summed E-state index contributed by atoms with van der Waals surface area (Å²) in [6.07, 6.45) is 3.64. The summed E-state index contributed by atoms with van der Waals surface area (Å²) in [5.74, 6) is -0.936. The number of rotatable bonds is 5. The lowest BCUT2D eigenvalue weighted by Crippen LogP contribution is -2.32. The molecule has 0 aromatic rings. The molecule has 1 heterocycles. The fraction of sp³-hybridized carbons (Fsp3) is 0.615. The topological polar surface area (TPSA) is 93.4 Å². The molecule has 0 bridgehead atoms. The van der Waals surface area contributed by atoms with Crippen LogP contribution in [0, 0.1) is 17.2 Å². The van der Waals surface area contributed by atoms with E-state index in [1.807, 2.05) is 11.0 Å². The van der Waals surface area contributed by atoms with Gasteiger partial charge in [0, 0.05) is 25.8 Å². The van der Waals surface area contributed by atoms with Gasteiger partial charge in [0.1, 0.15) is 11.6 Å². The summed E-state index contributed by atoms with van der Waals surface area (Å²) >= 11 is 0. The second kappa shape index (κ2) is 7.41. The lowest BCUT2D eigenvalue weighted by atomic mass is 10.0. The summed E-state index contributed by atoms with van der Waals surface area (Å²) in [7, 11) is 0. The van der Waals surface area contributed by atoms with Crippen LogP contribution >= 0.6 is 0 Å². The number of carboxylic acid groups (broad SMARTS) is 1. The quantitative estimate of drug-likeness (QED) is 0.564. The number of hydrogen-bond donors (Lipinski definition) is 2. The molecular weight excluding hydrogens is 246 g/mol. The molecule has 6 nitrogen and oxygen atoms in total. The van der Waals surface area contributed by atoms with Crippen molar-refractivity contribution >= 4 is 11.9 Å². The number of carbonyl (C=O) groups is 2. The normalized spacial score (nSPS) is 19.7. The number of nitrogens with zero attached hydrogens (tertiary/aromatic N) is 2. The molecule has 2 N–H and O–H groups in total. The van der Waals surface area contributed by atoms with Gasteiger partial charge in [0.15, 0.2) is 0 Å². The molecule has 1 rings (SSSR count). The number of aliphatic carboxylic acids is 1. The Morgan fingerprint density at radius 1 is 1.58 bits per heavy atom. The van der Waals surface area contributed by atoms with E-state index in [9.17, 15) is 9.59 Å². The van der Waals surface area contributed by atoms with E-state index in [1.165, 1.54) is 0 Å². The van der Waals surface area contributed by atoms with Crippen molar-refractivity contribution in [1.29, 1.82) is 5.26 Å². The zero-order chi connectivity index (χ0) is 14.3. The highest BCUT2D eigenvalue weighted by molar-refractivity contribution is 5.97. The van der Waals surface area contributed by atoms with E-state index >= 15 is 0 Å². The van der Waals surface area contributed by atoms with E-state index < -0.39 is 11.9 Å². The van der Waals surface area contributed by atoms with E-state index in [0.29, 0.717) is 5.92 Å². The van der Waals surface area contributed by atoms with Crippen molar-refractivity contribution in [3.05, 3.63) is 11.8 Å². The van der Waals surface area contributed by atoms with Gasteiger partial charge in [-0.3, -0.25) is 9.59 Å². The van der Waals surface area contributed by atoms with Crippen molar-refractivity contribution in [2.45, 2.75) is 26.2 Å². The maximum Gasteiger partial charge on any atom is 0.305 e. The largest absolute Gasteiger partial charge is 0.481 e. The number of nitriles is 1. The van der Waals surface area contributed by atoms with E-state index in [1.54, 1.807) is 6.20 Å². The molecule has 1 atom stereocenters. The van der Waals surface area contributed by atoms with E-state index in [0.717, 1.165) is 25.9 Å². The van der Waals surface area contributed by atoms with Crippen molar-refractivity contribution in [1.82, 2.24) is 10.2 Å². The number of carbonyl (C=O) groups excluding carboxylic acids is 1. The Bertz CT molecular complexity index is 412. The molecule has 1 aliphatic heterocycles. The second-order valence-corrected chi connectivity index (χ2v) is 4.80. The van der Waals surface area contributed by atoms with Gasteiger partial charge < -0.3 is 15.3 Å². The summed E-state index contributed by atoms with van der Waals surface area (Å²) in [5.41, 5.74) is 0.0273. The number of piperidine rings is 1. The Balaban J connectivity index is 2.53. The molecule has 1 unspecified atom stereocenters. The fourth-order valence-corrected chi connectivity index (χ4v) is 2.04. The number of carboxylic acids is 1. The Kier molecular flexibility index (Phi) is 5.86. The average Bonchev–Trinajstić information content (AvgIpc) is 2.35. The highest BCUT2D eigenvalue weighted by Gasteiger charge is 2.16. The molecule has 6 heteroatoms. The molecule has 1 fully saturated rings. The zero-order valence-corrected chi connectivity index (χ0v) is 11.1. The van der Waals surface area contributed by atoms with E-state index in [2.05, 4.69) is 12.2 Å². The Morgan fingerprint density at radius 3 is 2.89 bits per heavy atom. The smallest absolute Gasteiger partial charge is 0.305 e.